The Hall–Kier alpha value is -0.730. The second-order valence-corrected chi connectivity index (χ2v) is 5.17. The Morgan fingerprint density at radius 1 is 1.27 bits per heavy atom. The third kappa shape index (κ3) is 3.40. The van der Waals surface area contributed by atoms with Crippen LogP contribution >= 0.6 is 23.2 Å². The van der Waals surface area contributed by atoms with Gasteiger partial charge in [-0.25, -0.2) is 0 Å². The van der Waals surface area contributed by atoms with Crippen LogP contribution in [-0.2, 0) is 4.79 Å². The first-order chi connectivity index (χ1) is 6.80. The monoisotopic (exact) mass is 245 g/mol. The lowest BCUT2D eigenvalue weighted by molar-refractivity contribution is -0.123. The first-order valence-electron chi connectivity index (χ1n) is 4.57. The highest BCUT2D eigenvalue weighted by atomic mass is 35.5. The van der Waals surface area contributed by atoms with Crippen molar-refractivity contribution >= 4 is 34.8 Å². The van der Waals surface area contributed by atoms with Gasteiger partial charge in [-0.3, -0.25) is 4.79 Å². The molecule has 0 spiro atoms. The molecule has 0 aromatic heterocycles. The summed E-state index contributed by atoms with van der Waals surface area (Å²) < 4.78 is 0. The van der Waals surface area contributed by atoms with Gasteiger partial charge < -0.3 is 5.32 Å². The number of anilines is 1. The highest BCUT2D eigenvalue weighted by Gasteiger charge is 2.21. The van der Waals surface area contributed by atoms with Crippen molar-refractivity contribution < 1.29 is 4.79 Å². The van der Waals surface area contributed by atoms with Gasteiger partial charge in [0.2, 0.25) is 5.91 Å². The molecule has 0 aliphatic rings. The summed E-state index contributed by atoms with van der Waals surface area (Å²) in [6.45, 7) is 5.50. The fourth-order valence-corrected chi connectivity index (χ4v) is 1.24. The van der Waals surface area contributed by atoms with Crippen molar-refractivity contribution in [3.05, 3.63) is 28.2 Å². The van der Waals surface area contributed by atoms with Crippen molar-refractivity contribution in [2.75, 3.05) is 5.32 Å². The average Bonchev–Trinajstić information content (AvgIpc) is 2.09. The number of benzene rings is 1. The van der Waals surface area contributed by atoms with Crippen molar-refractivity contribution in [2.24, 2.45) is 5.41 Å². The first-order valence-corrected chi connectivity index (χ1v) is 5.33. The van der Waals surface area contributed by atoms with Gasteiger partial charge in [-0.2, -0.15) is 0 Å². The van der Waals surface area contributed by atoms with Gasteiger partial charge in [0, 0.05) is 10.4 Å². The molecule has 4 heteroatoms. The fourth-order valence-electron chi connectivity index (χ4n) is 0.903. The summed E-state index contributed by atoms with van der Waals surface area (Å²) in [5, 5.41) is 3.76. The van der Waals surface area contributed by atoms with Gasteiger partial charge >= 0.3 is 0 Å². The van der Waals surface area contributed by atoms with Crippen molar-refractivity contribution in [3.63, 3.8) is 0 Å². The number of carbonyl (C=O) groups is 1. The molecule has 1 rings (SSSR count). The van der Waals surface area contributed by atoms with Crippen LogP contribution in [0.3, 0.4) is 0 Å². The number of hydrogen-bond acceptors (Lipinski definition) is 1. The number of hydrogen-bond donors (Lipinski definition) is 1. The summed E-state index contributed by atoms with van der Waals surface area (Å²) in [6, 6.07) is 4.96. The van der Waals surface area contributed by atoms with Gasteiger partial charge in [0.15, 0.2) is 0 Å². The van der Waals surface area contributed by atoms with Crippen LogP contribution in [0.1, 0.15) is 20.8 Å². The maximum absolute atomic E-state index is 11.7. The number of halogens is 2. The summed E-state index contributed by atoms with van der Waals surface area (Å²) in [4.78, 5) is 11.7. The molecule has 0 unspecified atom stereocenters. The molecule has 1 aromatic carbocycles. The van der Waals surface area contributed by atoms with Crippen molar-refractivity contribution in [2.45, 2.75) is 20.8 Å². The van der Waals surface area contributed by atoms with Crippen LogP contribution in [0.5, 0.6) is 0 Å². The highest BCUT2D eigenvalue weighted by molar-refractivity contribution is 6.35. The summed E-state index contributed by atoms with van der Waals surface area (Å²) in [6.07, 6.45) is 0. The van der Waals surface area contributed by atoms with E-state index >= 15 is 0 Å². The zero-order chi connectivity index (χ0) is 11.6. The second kappa shape index (κ2) is 4.42. The summed E-state index contributed by atoms with van der Waals surface area (Å²) >= 11 is 11.7. The Morgan fingerprint density at radius 3 is 2.40 bits per heavy atom. The molecule has 0 radical (unpaired) electrons. The van der Waals surface area contributed by atoms with E-state index < -0.39 is 5.41 Å². The van der Waals surface area contributed by atoms with E-state index in [1.54, 1.807) is 18.2 Å². The minimum atomic E-state index is -0.453. The molecule has 1 aromatic rings. The quantitative estimate of drug-likeness (QED) is 0.797. The normalized spacial score (nSPS) is 11.3. The van der Waals surface area contributed by atoms with Gasteiger partial charge in [0.1, 0.15) is 0 Å². The van der Waals surface area contributed by atoms with Crippen LogP contribution in [0, 0.1) is 5.41 Å². The van der Waals surface area contributed by atoms with Crippen LogP contribution in [0.15, 0.2) is 18.2 Å². The Labute approximate surface area is 99.6 Å². The molecule has 82 valence electrons. The van der Waals surface area contributed by atoms with Crippen LogP contribution in [-0.4, -0.2) is 5.91 Å². The fraction of sp³-hybridized carbons (Fsp3) is 0.364. The molecular formula is C11H13Cl2NO. The minimum Gasteiger partial charge on any atom is -0.324 e. The molecule has 2 nitrogen and oxygen atoms in total. The maximum Gasteiger partial charge on any atom is 0.229 e. The SMILES string of the molecule is CC(C)(C)C(=O)Nc1cc(Cl)ccc1Cl. The molecule has 0 heterocycles. The molecule has 0 atom stereocenters. The van der Waals surface area contributed by atoms with E-state index in [1.165, 1.54) is 0 Å². The topological polar surface area (TPSA) is 29.1 Å². The largest absolute Gasteiger partial charge is 0.324 e. The molecule has 0 bridgehead atoms. The summed E-state index contributed by atoms with van der Waals surface area (Å²) in [5.41, 5.74) is 0.0927. The predicted octanol–water partition coefficient (Wildman–Crippen LogP) is 3.98. The average molecular weight is 246 g/mol. The Balaban J connectivity index is 2.90. The molecule has 15 heavy (non-hydrogen) atoms. The first kappa shape index (κ1) is 12.3. The Morgan fingerprint density at radius 2 is 1.87 bits per heavy atom. The lowest BCUT2D eigenvalue weighted by Gasteiger charge is -2.18. The Bertz CT molecular complexity index is 383. The molecule has 0 aliphatic heterocycles. The smallest absolute Gasteiger partial charge is 0.229 e. The molecule has 0 fully saturated rings. The third-order valence-electron chi connectivity index (χ3n) is 1.86. The number of amides is 1. The van der Waals surface area contributed by atoms with E-state index in [0.717, 1.165) is 0 Å². The molecule has 0 aliphatic carbocycles. The number of rotatable bonds is 1. The highest BCUT2D eigenvalue weighted by Crippen LogP contribution is 2.27. The minimum absolute atomic E-state index is 0.0910. The summed E-state index contributed by atoms with van der Waals surface area (Å²) in [7, 11) is 0. The van der Waals surface area contributed by atoms with Crippen molar-refractivity contribution in [1.82, 2.24) is 0 Å². The van der Waals surface area contributed by atoms with Crippen LogP contribution < -0.4 is 5.32 Å². The Kier molecular flexibility index (Phi) is 3.63. The zero-order valence-corrected chi connectivity index (χ0v) is 10.4. The van der Waals surface area contributed by atoms with Crippen molar-refractivity contribution in [3.8, 4) is 0 Å². The lowest BCUT2D eigenvalue weighted by atomic mass is 9.95. The standard InChI is InChI=1S/C11H13Cl2NO/c1-11(2,3)10(15)14-9-6-7(12)4-5-8(9)13/h4-6H,1-3H3,(H,14,15). The van der Waals surface area contributed by atoms with E-state index in [1.807, 2.05) is 20.8 Å². The van der Waals surface area contributed by atoms with Crippen LogP contribution in [0.4, 0.5) is 5.69 Å². The number of carbonyl (C=O) groups excluding carboxylic acids is 1. The van der Waals surface area contributed by atoms with E-state index in [-0.39, 0.29) is 5.91 Å². The van der Waals surface area contributed by atoms with Crippen molar-refractivity contribution in [1.29, 1.82) is 0 Å². The summed E-state index contributed by atoms with van der Waals surface area (Å²) in [5.74, 6) is -0.0910. The van der Waals surface area contributed by atoms with E-state index in [2.05, 4.69) is 5.32 Å². The molecule has 1 amide bonds. The van der Waals surface area contributed by atoms with Gasteiger partial charge in [0.25, 0.3) is 0 Å². The van der Waals surface area contributed by atoms with E-state index in [9.17, 15) is 4.79 Å². The zero-order valence-electron chi connectivity index (χ0n) is 8.90. The lowest BCUT2D eigenvalue weighted by Crippen LogP contribution is -2.27. The van der Waals surface area contributed by atoms with Gasteiger partial charge in [0.05, 0.1) is 10.7 Å². The molecule has 1 N–H and O–H groups in total. The number of nitrogens with one attached hydrogen (secondary N) is 1. The second-order valence-electron chi connectivity index (χ2n) is 4.33. The predicted molar refractivity (Wildman–Crippen MR) is 64.5 cm³/mol. The van der Waals surface area contributed by atoms with E-state index in [4.69, 9.17) is 23.2 Å². The van der Waals surface area contributed by atoms with Crippen LogP contribution in [0.2, 0.25) is 10.0 Å². The van der Waals surface area contributed by atoms with Gasteiger partial charge in [-0.1, -0.05) is 44.0 Å². The van der Waals surface area contributed by atoms with Gasteiger partial charge in [-0.15, -0.1) is 0 Å². The van der Waals surface area contributed by atoms with E-state index in [0.29, 0.717) is 15.7 Å². The maximum atomic E-state index is 11.7. The van der Waals surface area contributed by atoms with Crippen LogP contribution in [0.25, 0.3) is 0 Å². The molecule has 0 saturated heterocycles. The molecule has 0 saturated carbocycles. The third-order valence-corrected chi connectivity index (χ3v) is 2.42. The van der Waals surface area contributed by atoms with Gasteiger partial charge in [-0.05, 0) is 18.2 Å². The molecular weight excluding hydrogens is 233 g/mol.